The van der Waals surface area contributed by atoms with Crippen LogP contribution in [0, 0.1) is 0 Å². The van der Waals surface area contributed by atoms with Crippen LogP contribution in [0.2, 0.25) is 0 Å². The molecule has 3 atom stereocenters. The average Bonchev–Trinajstić information content (AvgIpc) is 2.96. The number of aliphatic hydroxyl groups is 1. The van der Waals surface area contributed by atoms with E-state index >= 15 is 0 Å². The molecule has 246 valence electrons. The van der Waals surface area contributed by atoms with Crippen molar-refractivity contribution in [2.24, 2.45) is 0 Å². The largest absolute Gasteiger partial charge is 0.480 e. The normalized spacial score (nSPS) is 14.4. The average molecular weight is 622 g/mol. The molecule has 0 bridgehead atoms. The van der Waals surface area contributed by atoms with E-state index in [0.717, 1.165) is 25.7 Å². The number of phosphoric acid groups is 1. The molecule has 0 aromatic heterocycles. The summed E-state index contributed by atoms with van der Waals surface area (Å²) in [6.07, 6.45) is 22.7. The minimum absolute atomic E-state index is 0.0275. The Morgan fingerprint density at radius 2 is 1.26 bits per heavy atom. The van der Waals surface area contributed by atoms with Gasteiger partial charge in [-0.25, -0.2) is 9.36 Å². The molecule has 0 heterocycles. The maximum absolute atomic E-state index is 11.9. The number of aliphatic hydroxyl groups excluding tert-OH is 1. The fourth-order valence-corrected chi connectivity index (χ4v) is 4.81. The number of nitrogens with one attached hydrogen (secondary N) is 1. The van der Waals surface area contributed by atoms with Crippen molar-refractivity contribution in [3.8, 4) is 0 Å². The Balaban J connectivity index is 3.72. The first-order valence-corrected chi connectivity index (χ1v) is 17.2. The molecule has 12 heteroatoms. The van der Waals surface area contributed by atoms with Gasteiger partial charge < -0.3 is 25.2 Å². The molecule has 0 aliphatic heterocycles. The summed E-state index contributed by atoms with van der Waals surface area (Å²) in [6.45, 7) is 1.86. The van der Waals surface area contributed by atoms with Gasteiger partial charge in [-0.3, -0.25) is 18.6 Å². The van der Waals surface area contributed by atoms with Gasteiger partial charge in [-0.05, 0) is 32.1 Å². The van der Waals surface area contributed by atoms with E-state index in [1.807, 2.05) is 0 Å². The minimum Gasteiger partial charge on any atom is -0.480 e. The van der Waals surface area contributed by atoms with Crippen LogP contribution in [0.4, 0.5) is 0 Å². The summed E-state index contributed by atoms with van der Waals surface area (Å²) < 4.78 is 26.1. The highest BCUT2D eigenvalue weighted by Crippen LogP contribution is 2.43. The third-order valence-corrected chi connectivity index (χ3v) is 7.57. The summed E-state index contributed by atoms with van der Waals surface area (Å²) in [5.41, 5.74) is 0. The molecule has 4 N–H and O–H groups in total. The lowest BCUT2D eigenvalue weighted by Crippen LogP contribution is -2.43. The molecule has 0 rings (SSSR count). The number of unbranched alkanes of at least 4 members (excludes halogenated alkanes) is 14. The van der Waals surface area contributed by atoms with Crippen LogP contribution in [0.1, 0.15) is 129 Å². The molecule has 0 saturated heterocycles. The first-order chi connectivity index (χ1) is 20.1. The third kappa shape index (κ3) is 25.9. The van der Waals surface area contributed by atoms with Crippen LogP contribution in [0.15, 0.2) is 12.2 Å². The number of esters is 1. The molecular formula is C30H56NO10P. The quantitative estimate of drug-likeness (QED) is 0.0326. The number of hydrogen-bond acceptors (Lipinski definition) is 8. The van der Waals surface area contributed by atoms with E-state index in [1.54, 1.807) is 0 Å². The van der Waals surface area contributed by atoms with Gasteiger partial charge in [0.2, 0.25) is 5.91 Å². The molecule has 0 aliphatic carbocycles. The molecule has 0 spiro atoms. The van der Waals surface area contributed by atoms with Gasteiger partial charge in [0.15, 0.2) is 6.04 Å². The lowest BCUT2D eigenvalue weighted by molar-refractivity contribution is -0.147. The Kier molecular flexibility index (Phi) is 25.7. The highest BCUT2D eigenvalue weighted by molar-refractivity contribution is 7.47. The van der Waals surface area contributed by atoms with Crippen molar-refractivity contribution in [2.45, 2.75) is 142 Å². The molecule has 42 heavy (non-hydrogen) atoms. The summed E-state index contributed by atoms with van der Waals surface area (Å²) in [5.74, 6) is -2.49. The zero-order valence-electron chi connectivity index (χ0n) is 25.8. The Labute approximate surface area is 252 Å². The molecule has 0 saturated carbocycles. The van der Waals surface area contributed by atoms with E-state index in [9.17, 15) is 28.9 Å². The number of carbonyl (C=O) groups is 3. The summed E-state index contributed by atoms with van der Waals surface area (Å²) in [6, 6.07) is -1.54. The smallest absolute Gasteiger partial charge is 0.472 e. The number of rotatable bonds is 29. The number of amides is 1. The van der Waals surface area contributed by atoms with Crippen molar-refractivity contribution in [3.05, 3.63) is 12.2 Å². The fraction of sp³-hybridized carbons (Fsp3) is 0.833. The van der Waals surface area contributed by atoms with E-state index < -0.39 is 57.6 Å². The molecule has 1 amide bonds. The number of carbonyl (C=O) groups excluding carboxylic acids is 2. The molecule has 0 fully saturated rings. The van der Waals surface area contributed by atoms with Crippen LogP contribution in [0.3, 0.4) is 0 Å². The second-order valence-electron chi connectivity index (χ2n) is 10.6. The molecule has 0 aromatic rings. The van der Waals surface area contributed by atoms with Crippen LogP contribution in [0.5, 0.6) is 0 Å². The SMILES string of the molecule is CCCCCCCCC/C=C\CCCCCCCCCC(=O)OCC(O)COP(=O)(O)OCC(NC(=O)CC)C(=O)O. The van der Waals surface area contributed by atoms with Gasteiger partial charge in [0, 0.05) is 12.8 Å². The van der Waals surface area contributed by atoms with Crippen LogP contribution in [-0.2, 0) is 32.7 Å². The maximum Gasteiger partial charge on any atom is 0.472 e. The second kappa shape index (κ2) is 26.8. The van der Waals surface area contributed by atoms with Crippen LogP contribution in [0.25, 0.3) is 0 Å². The molecule has 11 nitrogen and oxygen atoms in total. The minimum atomic E-state index is -4.71. The first-order valence-electron chi connectivity index (χ1n) is 15.7. The number of allylic oxidation sites excluding steroid dienone is 2. The lowest BCUT2D eigenvalue weighted by atomic mass is 10.1. The van der Waals surface area contributed by atoms with Gasteiger partial charge in [0.25, 0.3) is 0 Å². The Bertz CT molecular complexity index is 792. The van der Waals surface area contributed by atoms with Crippen molar-refractivity contribution in [1.29, 1.82) is 0 Å². The van der Waals surface area contributed by atoms with E-state index in [2.05, 4.69) is 33.4 Å². The summed E-state index contributed by atoms with van der Waals surface area (Å²) in [5, 5.41) is 21.0. The van der Waals surface area contributed by atoms with Gasteiger partial charge in [-0.1, -0.05) is 96.6 Å². The monoisotopic (exact) mass is 621 g/mol. The van der Waals surface area contributed by atoms with Crippen molar-refractivity contribution in [2.75, 3.05) is 19.8 Å². The fourth-order valence-electron chi connectivity index (χ4n) is 4.04. The number of aliphatic carboxylic acids is 1. The van der Waals surface area contributed by atoms with E-state index in [4.69, 9.17) is 9.84 Å². The highest BCUT2D eigenvalue weighted by atomic mass is 31.2. The summed E-state index contributed by atoms with van der Waals surface area (Å²) in [4.78, 5) is 44.0. The van der Waals surface area contributed by atoms with Gasteiger partial charge >= 0.3 is 19.8 Å². The highest BCUT2D eigenvalue weighted by Gasteiger charge is 2.28. The first kappa shape index (κ1) is 40.2. The predicted molar refractivity (Wildman–Crippen MR) is 162 cm³/mol. The zero-order valence-corrected chi connectivity index (χ0v) is 26.7. The third-order valence-electron chi connectivity index (χ3n) is 6.62. The number of carboxylic acids is 1. The molecule has 0 radical (unpaired) electrons. The van der Waals surface area contributed by atoms with Crippen molar-refractivity contribution in [3.63, 3.8) is 0 Å². The van der Waals surface area contributed by atoms with Crippen molar-refractivity contribution in [1.82, 2.24) is 5.32 Å². The predicted octanol–water partition coefficient (Wildman–Crippen LogP) is 6.21. The number of carboxylic acid groups (broad SMARTS) is 1. The van der Waals surface area contributed by atoms with Crippen LogP contribution >= 0.6 is 7.82 Å². The van der Waals surface area contributed by atoms with Crippen LogP contribution < -0.4 is 5.32 Å². The van der Waals surface area contributed by atoms with Gasteiger partial charge in [0.1, 0.15) is 12.7 Å². The number of phosphoric ester groups is 1. The molecule has 0 aromatic carbocycles. The number of hydrogen-bond donors (Lipinski definition) is 4. The van der Waals surface area contributed by atoms with Crippen molar-refractivity contribution >= 4 is 25.7 Å². The zero-order chi connectivity index (χ0) is 31.5. The van der Waals surface area contributed by atoms with Crippen LogP contribution in [-0.4, -0.2) is 64.9 Å². The van der Waals surface area contributed by atoms with Gasteiger partial charge in [0.05, 0.1) is 13.2 Å². The lowest BCUT2D eigenvalue weighted by Gasteiger charge is -2.18. The van der Waals surface area contributed by atoms with E-state index in [-0.39, 0.29) is 12.8 Å². The standard InChI is InChI=1S/C30H56NO10P/c1-3-5-6-7-8-9-10-11-12-13-14-15-16-17-18-19-20-21-22-29(34)39-23-26(32)24-40-42(37,38)41-25-27(30(35)36)31-28(33)4-2/h12-13,26-27,32H,3-11,14-25H2,1-2H3,(H,31,33)(H,35,36)(H,37,38)/b13-12-. The van der Waals surface area contributed by atoms with Gasteiger partial charge in [-0.2, -0.15) is 0 Å². The Hall–Kier alpha value is -1.78. The summed E-state index contributed by atoms with van der Waals surface area (Å²) in [7, 11) is -4.71. The Morgan fingerprint density at radius 1 is 0.762 bits per heavy atom. The number of ether oxygens (including phenoxy) is 1. The second-order valence-corrected chi connectivity index (χ2v) is 12.1. The van der Waals surface area contributed by atoms with Gasteiger partial charge in [-0.15, -0.1) is 0 Å². The topological polar surface area (TPSA) is 169 Å². The Morgan fingerprint density at radius 3 is 1.79 bits per heavy atom. The molecule has 3 unspecified atom stereocenters. The summed E-state index contributed by atoms with van der Waals surface area (Å²) >= 11 is 0. The maximum atomic E-state index is 11.9. The molecule has 0 aliphatic rings. The molecular weight excluding hydrogens is 565 g/mol. The van der Waals surface area contributed by atoms with E-state index in [0.29, 0.717) is 6.42 Å². The van der Waals surface area contributed by atoms with Crippen molar-refractivity contribution < 1.29 is 47.8 Å². The van der Waals surface area contributed by atoms with E-state index in [1.165, 1.54) is 77.6 Å².